The van der Waals surface area contributed by atoms with Gasteiger partial charge in [0, 0.05) is 36.8 Å². The summed E-state index contributed by atoms with van der Waals surface area (Å²) in [7, 11) is 3.25. The minimum Gasteiger partial charge on any atom is -0.493 e. The molecule has 0 aliphatic carbocycles. The van der Waals surface area contributed by atoms with Gasteiger partial charge in [-0.15, -0.1) is 0 Å². The monoisotopic (exact) mass is 317 g/mol. The van der Waals surface area contributed by atoms with Gasteiger partial charge in [0.1, 0.15) is 0 Å². The zero-order valence-corrected chi connectivity index (χ0v) is 13.4. The molecule has 21 heavy (non-hydrogen) atoms. The molecule has 0 amide bonds. The van der Waals surface area contributed by atoms with Gasteiger partial charge in [-0.05, 0) is 19.0 Å². The Kier molecular flexibility index (Phi) is 9.17. The average Bonchev–Trinajstić information content (AvgIpc) is 2.48. The van der Waals surface area contributed by atoms with Gasteiger partial charge in [-0.2, -0.15) is 0 Å². The first-order chi connectivity index (χ1) is 10.2. The molecule has 1 aromatic carbocycles. The maximum atomic E-state index is 6.06. The van der Waals surface area contributed by atoms with Gasteiger partial charge in [-0.25, -0.2) is 0 Å². The van der Waals surface area contributed by atoms with Crippen LogP contribution < -0.4 is 15.2 Å². The van der Waals surface area contributed by atoms with Crippen LogP contribution in [0.25, 0.3) is 0 Å². The Morgan fingerprint density at radius 1 is 1.10 bits per heavy atom. The summed E-state index contributed by atoms with van der Waals surface area (Å²) in [5.74, 6) is 1.34. The Hall–Kier alpha value is -1.01. The fraction of sp³-hybridized carbons (Fsp3) is 0.600. The quantitative estimate of drug-likeness (QED) is 0.634. The molecule has 0 aromatic heterocycles. The van der Waals surface area contributed by atoms with Crippen molar-refractivity contribution in [2.24, 2.45) is 5.73 Å². The van der Waals surface area contributed by atoms with Crippen molar-refractivity contribution >= 4 is 11.6 Å². The van der Waals surface area contributed by atoms with E-state index in [1.54, 1.807) is 20.3 Å². The van der Waals surface area contributed by atoms with E-state index in [2.05, 4.69) is 0 Å². The third-order valence-corrected chi connectivity index (χ3v) is 3.06. The molecule has 0 atom stereocenters. The number of ether oxygens (including phenoxy) is 4. The van der Waals surface area contributed by atoms with E-state index < -0.39 is 0 Å². The van der Waals surface area contributed by atoms with Crippen molar-refractivity contribution in [3.8, 4) is 11.5 Å². The lowest BCUT2D eigenvalue weighted by Crippen LogP contribution is -2.10. The number of halogens is 1. The normalized spacial score (nSPS) is 10.7. The minimum absolute atomic E-state index is 0.528. The van der Waals surface area contributed by atoms with Gasteiger partial charge in [-0.3, -0.25) is 0 Å². The predicted molar refractivity (Wildman–Crippen MR) is 83.6 cm³/mol. The van der Waals surface area contributed by atoms with Crippen molar-refractivity contribution in [2.45, 2.75) is 12.8 Å². The predicted octanol–water partition coefficient (Wildman–Crippen LogP) is 2.28. The Bertz CT molecular complexity index is 415. The number of hydrogen-bond acceptors (Lipinski definition) is 5. The molecule has 0 spiro atoms. The van der Waals surface area contributed by atoms with Crippen LogP contribution in [-0.2, 0) is 15.9 Å². The molecule has 6 heteroatoms. The van der Waals surface area contributed by atoms with Crippen molar-refractivity contribution in [1.82, 2.24) is 0 Å². The highest BCUT2D eigenvalue weighted by molar-refractivity contribution is 6.30. The van der Waals surface area contributed by atoms with Gasteiger partial charge in [-0.1, -0.05) is 11.6 Å². The fourth-order valence-electron chi connectivity index (χ4n) is 1.86. The van der Waals surface area contributed by atoms with E-state index in [9.17, 15) is 0 Å². The summed E-state index contributed by atoms with van der Waals surface area (Å²) in [6, 6.07) is 3.60. The summed E-state index contributed by atoms with van der Waals surface area (Å²) < 4.78 is 21.4. The van der Waals surface area contributed by atoms with Gasteiger partial charge in [0.25, 0.3) is 0 Å². The topological polar surface area (TPSA) is 62.9 Å². The SMILES string of the molecule is COCCOCCCOc1c(CCN)cc(Cl)cc1OC. The molecular weight excluding hydrogens is 294 g/mol. The molecule has 0 aliphatic heterocycles. The van der Waals surface area contributed by atoms with Gasteiger partial charge in [0.2, 0.25) is 0 Å². The molecule has 5 nitrogen and oxygen atoms in total. The first kappa shape index (κ1) is 18.0. The molecule has 1 aromatic rings. The minimum atomic E-state index is 0.528. The van der Waals surface area contributed by atoms with Gasteiger partial charge < -0.3 is 24.7 Å². The molecule has 120 valence electrons. The highest BCUT2D eigenvalue weighted by Crippen LogP contribution is 2.35. The summed E-state index contributed by atoms with van der Waals surface area (Å²) in [4.78, 5) is 0. The first-order valence-corrected chi connectivity index (χ1v) is 7.36. The summed E-state index contributed by atoms with van der Waals surface area (Å²) in [6.45, 7) is 2.90. The van der Waals surface area contributed by atoms with Crippen LogP contribution in [0.3, 0.4) is 0 Å². The Labute approximate surface area is 131 Å². The highest BCUT2D eigenvalue weighted by atomic mass is 35.5. The summed E-state index contributed by atoms with van der Waals surface area (Å²) in [6.07, 6.45) is 1.48. The number of methoxy groups -OCH3 is 2. The molecule has 0 saturated carbocycles. The third kappa shape index (κ3) is 6.52. The van der Waals surface area contributed by atoms with E-state index in [4.69, 9.17) is 36.3 Å². The van der Waals surface area contributed by atoms with Crippen LogP contribution >= 0.6 is 11.6 Å². The Morgan fingerprint density at radius 3 is 2.57 bits per heavy atom. The molecule has 0 bridgehead atoms. The first-order valence-electron chi connectivity index (χ1n) is 6.98. The molecule has 2 N–H and O–H groups in total. The van der Waals surface area contributed by atoms with E-state index in [0.717, 1.165) is 12.0 Å². The number of nitrogens with two attached hydrogens (primary N) is 1. The molecule has 0 aliphatic rings. The van der Waals surface area contributed by atoms with Crippen molar-refractivity contribution in [2.75, 3.05) is 47.2 Å². The van der Waals surface area contributed by atoms with Crippen molar-refractivity contribution in [1.29, 1.82) is 0 Å². The molecule has 0 radical (unpaired) electrons. The van der Waals surface area contributed by atoms with E-state index in [0.29, 0.717) is 55.9 Å². The zero-order valence-electron chi connectivity index (χ0n) is 12.7. The molecule has 0 fully saturated rings. The lowest BCUT2D eigenvalue weighted by atomic mass is 10.1. The van der Waals surface area contributed by atoms with E-state index in [-0.39, 0.29) is 0 Å². The highest BCUT2D eigenvalue weighted by Gasteiger charge is 2.12. The van der Waals surface area contributed by atoms with Crippen molar-refractivity contribution in [3.63, 3.8) is 0 Å². The number of rotatable bonds is 11. The van der Waals surface area contributed by atoms with Gasteiger partial charge in [0.15, 0.2) is 11.5 Å². The molecule has 0 saturated heterocycles. The number of benzene rings is 1. The van der Waals surface area contributed by atoms with Crippen LogP contribution in [0.2, 0.25) is 5.02 Å². The smallest absolute Gasteiger partial charge is 0.164 e. The van der Waals surface area contributed by atoms with Crippen molar-refractivity contribution < 1.29 is 18.9 Å². The van der Waals surface area contributed by atoms with Crippen LogP contribution in [-0.4, -0.2) is 47.2 Å². The zero-order chi connectivity index (χ0) is 15.5. The van der Waals surface area contributed by atoms with Crippen molar-refractivity contribution in [3.05, 3.63) is 22.7 Å². The van der Waals surface area contributed by atoms with Crippen LogP contribution in [0.5, 0.6) is 11.5 Å². The van der Waals surface area contributed by atoms with Crippen LogP contribution in [0.15, 0.2) is 12.1 Å². The lowest BCUT2D eigenvalue weighted by Gasteiger charge is -2.15. The fourth-order valence-corrected chi connectivity index (χ4v) is 2.09. The largest absolute Gasteiger partial charge is 0.493 e. The molecular formula is C15H24ClNO4. The van der Waals surface area contributed by atoms with E-state index >= 15 is 0 Å². The van der Waals surface area contributed by atoms with Crippen LogP contribution in [0.4, 0.5) is 0 Å². The second-order valence-corrected chi connectivity index (χ2v) is 4.88. The summed E-state index contributed by atoms with van der Waals surface area (Å²) in [5, 5.41) is 0.616. The maximum absolute atomic E-state index is 6.06. The average molecular weight is 318 g/mol. The Balaban J connectivity index is 2.52. The molecule has 1 rings (SSSR count). The maximum Gasteiger partial charge on any atom is 0.164 e. The third-order valence-electron chi connectivity index (χ3n) is 2.84. The molecule has 0 unspecified atom stereocenters. The lowest BCUT2D eigenvalue weighted by molar-refractivity contribution is 0.0642. The molecule has 0 heterocycles. The van der Waals surface area contributed by atoms with Gasteiger partial charge >= 0.3 is 0 Å². The van der Waals surface area contributed by atoms with Crippen LogP contribution in [0.1, 0.15) is 12.0 Å². The standard InChI is InChI=1S/C15H24ClNO4/c1-18-8-9-20-6-3-7-21-15-12(4-5-17)10-13(16)11-14(15)19-2/h10-11H,3-9,17H2,1-2H3. The van der Waals surface area contributed by atoms with E-state index in [1.165, 1.54) is 0 Å². The second kappa shape index (κ2) is 10.7. The Morgan fingerprint density at radius 2 is 1.90 bits per heavy atom. The number of hydrogen-bond donors (Lipinski definition) is 1. The van der Waals surface area contributed by atoms with Gasteiger partial charge in [0.05, 0.1) is 26.9 Å². The summed E-state index contributed by atoms with van der Waals surface area (Å²) in [5.41, 5.74) is 6.58. The summed E-state index contributed by atoms with van der Waals surface area (Å²) >= 11 is 6.06. The van der Waals surface area contributed by atoms with E-state index in [1.807, 2.05) is 6.07 Å². The second-order valence-electron chi connectivity index (χ2n) is 4.44. The van der Waals surface area contributed by atoms with Crippen LogP contribution in [0, 0.1) is 0 Å².